The quantitative estimate of drug-likeness (QED) is 0.248. The third kappa shape index (κ3) is 5.93. The highest BCUT2D eigenvalue weighted by Gasteiger charge is 2.64. The minimum atomic E-state index is 0.613. The first-order valence-electron chi connectivity index (χ1n) is 18.4. The van der Waals surface area contributed by atoms with E-state index in [1.165, 1.54) is 83.5 Å². The smallest absolute Gasteiger partial charge is 0.0875 e. The maximum atomic E-state index is 5.77. The number of rotatable bonds is 3. The predicted octanol–water partition coefficient (Wildman–Crippen LogP) is 7.99. The second kappa shape index (κ2) is 11.6. The van der Waals surface area contributed by atoms with Crippen molar-refractivity contribution in [1.29, 1.82) is 0 Å². The number of hydrogen-bond acceptors (Lipinski definition) is 4. The van der Waals surface area contributed by atoms with Gasteiger partial charge in [0.2, 0.25) is 0 Å². The van der Waals surface area contributed by atoms with E-state index in [9.17, 15) is 0 Å². The Kier molecular flexibility index (Phi) is 7.54. The summed E-state index contributed by atoms with van der Waals surface area (Å²) >= 11 is 0. The lowest BCUT2D eigenvalue weighted by Crippen LogP contribution is -2.28. The maximum absolute atomic E-state index is 5.77. The van der Waals surface area contributed by atoms with E-state index in [1.807, 2.05) is 0 Å². The summed E-state index contributed by atoms with van der Waals surface area (Å²) in [6, 6.07) is 0. The molecule has 10 fully saturated rings. The molecule has 12 aliphatic rings. The lowest BCUT2D eigenvalue weighted by atomic mass is 9.73. The van der Waals surface area contributed by atoms with Crippen LogP contribution >= 0.6 is 0 Å². The fraction of sp³-hybridized carbons (Fsp3) is 0.795. The Balaban J connectivity index is 0.0000000862. The van der Waals surface area contributed by atoms with Crippen molar-refractivity contribution in [2.24, 2.45) is 53.3 Å². The van der Waals surface area contributed by atoms with Crippen molar-refractivity contribution in [3.8, 4) is 0 Å². The second-order valence-corrected chi connectivity index (χ2v) is 16.3. The van der Waals surface area contributed by atoms with E-state index in [1.54, 1.807) is 0 Å². The van der Waals surface area contributed by atoms with Crippen LogP contribution in [0.25, 0.3) is 0 Å². The van der Waals surface area contributed by atoms with Gasteiger partial charge < -0.3 is 18.9 Å². The van der Waals surface area contributed by atoms with Crippen molar-refractivity contribution in [1.82, 2.24) is 0 Å². The largest absolute Gasteiger partial charge is 0.370 e. The summed E-state index contributed by atoms with van der Waals surface area (Å²) in [6.07, 6.45) is 39.9. The molecule has 12 rings (SSSR count). The standard InChI is InChI=1S/C13H18O2.C13H18O.C8H12O.C5H6/c1-2-10-11(14-10)5-6(1)8-3-7-4-9(8)13-12(7)15-13;1-2-9-5-8(1)6-11(9)10-3-4-12-13(7-10)14-12;1-2-6-3-4-7-8(5-6)9-7;1-2-4-5-3-1/h6-13H,1-5H2;1-2,8-13H,3-7H2;2,6-8H,1,3-5H2;1-4H,5H2. The summed E-state index contributed by atoms with van der Waals surface area (Å²) < 4.78 is 22.4. The average Bonchev–Trinajstić information content (AvgIpc) is 4.04. The van der Waals surface area contributed by atoms with Gasteiger partial charge in [-0.1, -0.05) is 42.5 Å². The molecule has 17 unspecified atom stereocenters. The molecule has 0 N–H and O–H groups in total. The van der Waals surface area contributed by atoms with Gasteiger partial charge in [-0.25, -0.2) is 0 Å². The van der Waals surface area contributed by atoms with Crippen LogP contribution < -0.4 is 0 Å². The Labute approximate surface area is 259 Å². The van der Waals surface area contributed by atoms with Gasteiger partial charge in [0.25, 0.3) is 0 Å². The Bertz CT molecular complexity index is 1120. The molecule has 6 saturated carbocycles. The molecule has 4 heterocycles. The van der Waals surface area contributed by atoms with Crippen LogP contribution in [0.15, 0.2) is 49.1 Å². The van der Waals surface area contributed by atoms with E-state index in [2.05, 4.69) is 49.1 Å². The van der Waals surface area contributed by atoms with Gasteiger partial charge in [0.1, 0.15) is 0 Å². The molecule has 43 heavy (non-hydrogen) atoms. The third-order valence-corrected chi connectivity index (χ3v) is 13.8. The highest BCUT2D eigenvalue weighted by Crippen LogP contribution is 2.62. The Morgan fingerprint density at radius 2 is 1.16 bits per heavy atom. The van der Waals surface area contributed by atoms with E-state index in [0.717, 1.165) is 59.7 Å². The number of allylic oxidation sites excluding steroid dienone is 7. The van der Waals surface area contributed by atoms with Crippen LogP contribution in [0, 0.1) is 53.3 Å². The molecule has 0 amide bonds. The Morgan fingerprint density at radius 1 is 0.512 bits per heavy atom. The van der Waals surface area contributed by atoms with Crippen molar-refractivity contribution in [3.05, 3.63) is 49.1 Å². The zero-order chi connectivity index (χ0) is 28.5. The molecule has 0 aromatic rings. The average molecular weight is 587 g/mol. The van der Waals surface area contributed by atoms with Gasteiger partial charge in [-0.3, -0.25) is 0 Å². The topological polar surface area (TPSA) is 50.1 Å². The lowest BCUT2D eigenvalue weighted by molar-refractivity contribution is 0.182. The van der Waals surface area contributed by atoms with Crippen LogP contribution in [0.1, 0.15) is 89.9 Å². The van der Waals surface area contributed by atoms with Crippen LogP contribution in [0.4, 0.5) is 0 Å². The van der Waals surface area contributed by atoms with E-state index in [4.69, 9.17) is 18.9 Å². The van der Waals surface area contributed by atoms with E-state index < -0.39 is 0 Å². The Morgan fingerprint density at radius 3 is 1.67 bits per heavy atom. The number of ether oxygens (including phenoxy) is 4. The fourth-order valence-electron chi connectivity index (χ4n) is 11.2. The number of hydrogen-bond donors (Lipinski definition) is 0. The molecular weight excluding hydrogens is 532 g/mol. The van der Waals surface area contributed by atoms with E-state index in [-0.39, 0.29) is 0 Å². The van der Waals surface area contributed by atoms with Crippen LogP contribution in [0.3, 0.4) is 0 Å². The van der Waals surface area contributed by atoms with Gasteiger partial charge in [-0.05, 0) is 143 Å². The molecule has 4 bridgehead atoms. The summed E-state index contributed by atoms with van der Waals surface area (Å²) in [7, 11) is 0. The van der Waals surface area contributed by atoms with Crippen molar-refractivity contribution in [3.63, 3.8) is 0 Å². The predicted molar refractivity (Wildman–Crippen MR) is 168 cm³/mol. The van der Waals surface area contributed by atoms with Gasteiger partial charge in [0.15, 0.2) is 0 Å². The number of fused-ring (bicyclic) bond motifs is 10. The lowest BCUT2D eigenvalue weighted by Gasteiger charge is -2.30. The van der Waals surface area contributed by atoms with Crippen molar-refractivity contribution in [2.45, 2.75) is 139 Å². The van der Waals surface area contributed by atoms with Gasteiger partial charge in [-0.2, -0.15) is 0 Å². The van der Waals surface area contributed by atoms with Crippen molar-refractivity contribution in [2.75, 3.05) is 0 Å². The fourth-order valence-corrected chi connectivity index (χ4v) is 11.2. The summed E-state index contributed by atoms with van der Waals surface area (Å²) in [5.41, 5.74) is 0. The van der Waals surface area contributed by atoms with Crippen LogP contribution in [-0.2, 0) is 18.9 Å². The number of epoxide rings is 4. The molecule has 4 nitrogen and oxygen atoms in total. The normalized spacial score (nSPS) is 55.2. The summed E-state index contributed by atoms with van der Waals surface area (Å²) in [5, 5.41) is 0. The zero-order valence-corrected chi connectivity index (χ0v) is 26.1. The molecular formula is C39H54O4. The molecule has 4 heteroatoms. The molecule has 234 valence electrons. The minimum absolute atomic E-state index is 0.613. The van der Waals surface area contributed by atoms with Gasteiger partial charge in [-0.15, -0.1) is 6.58 Å². The minimum Gasteiger partial charge on any atom is -0.370 e. The zero-order valence-electron chi connectivity index (χ0n) is 26.1. The van der Waals surface area contributed by atoms with Crippen LogP contribution in [0.2, 0.25) is 0 Å². The van der Waals surface area contributed by atoms with Gasteiger partial charge in [0.05, 0.1) is 48.8 Å². The molecule has 17 atom stereocenters. The highest BCUT2D eigenvalue weighted by molar-refractivity contribution is 5.14. The van der Waals surface area contributed by atoms with Crippen LogP contribution in [-0.4, -0.2) is 48.8 Å². The molecule has 0 spiro atoms. The third-order valence-electron chi connectivity index (χ3n) is 13.8. The molecule has 0 aromatic heterocycles. The van der Waals surface area contributed by atoms with E-state index >= 15 is 0 Å². The Hall–Kier alpha value is -1.20. The first-order valence-corrected chi connectivity index (χ1v) is 18.4. The molecule has 0 aromatic carbocycles. The first-order chi connectivity index (χ1) is 21.2. The molecule has 8 aliphatic carbocycles. The van der Waals surface area contributed by atoms with Crippen LogP contribution in [0.5, 0.6) is 0 Å². The first kappa shape index (κ1) is 28.1. The van der Waals surface area contributed by atoms with Gasteiger partial charge >= 0.3 is 0 Å². The summed E-state index contributed by atoms with van der Waals surface area (Å²) in [5.74, 6) is 8.53. The van der Waals surface area contributed by atoms with Gasteiger partial charge in [0, 0.05) is 0 Å². The maximum Gasteiger partial charge on any atom is 0.0875 e. The second-order valence-electron chi connectivity index (χ2n) is 16.3. The monoisotopic (exact) mass is 586 g/mol. The summed E-state index contributed by atoms with van der Waals surface area (Å²) in [6.45, 7) is 3.78. The van der Waals surface area contributed by atoms with E-state index in [0.29, 0.717) is 48.8 Å². The van der Waals surface area contributed by atoms with Crippen molar-refractivity contribution >= 4 is 0 Å². The summed E-state index contributed by atoms with van der Waals surface area (Å²) in [4.78, 5) is 0. The molecule has 4 aliphatic heterocycles. The molecule has 0 radical (unpaired) electrons. The SMILES string of the molecule is C1=CC2CC1CC2C1CCC2OC2C1.C1=CCC=C1.C1CC2OC2CC1C1CC2CC1C1OC21.C=CC1CCC2OC2C1. The highest BCUT2D eigenvalue weighted by atomic mass is 16.6. The molecule has 4 saturated heterocycles. The van der Waals surface area contributed by atoms with Crippen molar-refractivity contribution < 1.29 is 18.9 Å².